The Labute approximate surface area is 225 Å². The van der Waals surface area contributed by atoms with E-state index in [-0.39, 0.29) is 0 Å². The summed E-state index contributed by atoms with van der Waals surface area (Å²) in [6.07, 6.45) is 0. The van der Waals surface area contributed by atoms with Crippen LogP contribution in [0.4, 0.5) is 0 Å². The van der Waals surface area contributed by atoms with E-state index in [0.717, 1.165) is 6.67 Å². The molecule has 0 aromatic heterocycles. The summed E-state index contributed by atoms with van der Waals surface area (Å²) in [5.74, 6) is 0. The monoisotopic (exact) mass is 492 g/mol. The van der Waals surface area contributed by atoms with Gasteiger partial charge in [-0.15, -0.1) is 0 Å². The highest BCUT2D eigenvalue weighted by atomic mass is 15.2. The SMILES string of the molecule is CC.CC.CN(C)CN(C)C.c1ccc(-c2c3ccccc3c(-c3ccccc3)c3ccccc23)cc1. The van der Waals surface area contributed by atoms with Gasteiger partial charge in [-0.2, -0.15) is 0 Å². The normalized spacial score (nSPS) is 10.2. The summed E-state index contributed by atoms with van der Waals surface area (Å²) in [6.45, 7) is 9.03. The predicted octanol–water partition coefficient (Wildman–Crippen LogP) is 9.45. The fraction of sp³-hybridized carbons (Fsp3) is 0.257. The molecule has 0 bridgehead atoms. The van der Waals surface area contributed by atoms with Crippen molar-refractivity contribution in [2.24, 2.45) is 0 Å². The summed E-state index contributed by atoms with van der Waals surface area (Å²) in [4.78, 5) is 4.25. The van der Waals surface area contributed by atoms with E-state index < -0.39 is 0 Å². The molecular formula is C35H44N2. The Bertz CT molecular complexity index is 1160. The molecule has 0 aliphatic rings. The molecule has 0 aliphatic heterocycles. The lowest BCUT2D eigenvalue weighted by atomic mass is 9.86. The first kappa shape index (κ1) is 29.8. The second-order valence-electron chi connectivity index (χ2n) is 8.87. The summed E-state index contributed by atoms with van der Waals surface area (Å²) in [5.41, 5.74) is 5.16. The molecule has 2 nitrogen and oxygen atoms in total. The first-order valence-electron chi connectivity index (χ1n) is 13.4. The smallest absolute Gasteiger partial charge is 0.0495 e. The highest BCUT2D eigenvalue weighted by Gasteiger charge is 2.15. The van der Waals surface area contributed by atoms with E-state index in [2.05, 4.69) is 147 Å². The van der Waals surface area contributed by atoms with Gasteiger partial charge in [0, 0.05) is 6.67 Å². The number of rotatable bonds is 4. The zero-order valence-corrected chi connectivity index (χ0v) is 24.0. The third kappa shape index (κ3) is 7.76. The van der Waals surface area contributed by atoms with Crippen LogP contribution in [0.25, 0.3) is 43.8 Å². The quantitative estimate of drug-likeness (QED) is 0.182. The van der Waals surface area contributed by atoms with Gasteiger partial charge in [0.05, 0.1) is 0 Å². The lowest BCUT2D eigenvalue weighted by Gasteiger charge is -2.17. The molecule has 194 valence electrons. The first-order valence-corrected chi connectivity index (χ1v) is 13.4. The minimum Gasteiger partial charge on any atom is -0.297 e. The molecule has 0 fully saturated rings. The van der Waals surface area contributed by atoms with Gasteiger partial charge in [0.2, 0.25) is 0 Å². The zero-order chi connectivity index (χ0) is 27.2. The van der Waals surface area contributed by atoms with E-state index >= 15 is 0 Å². The fourth-order valence-corrected chi connectivity index (χ4v) is 4.53. The van der Waals surface area contributed by atoms with E-state index in [1.54, 1.807) is 0 Å². The van der Waals surface area contributed by atoms with Crippen LogP contribution >= 0.6 is 0 Å². The number of nitrogens with zero attached hydrogens (tertiary/aromatic N) is 2. The Morgan fingerprint density at radius 2 is 0.622 bits per heavy atom. The molecule has 5 aromatic carbocycles. The molecule has 0 spiro atoms. The summed E-state index contributed by atoms with van der Waals surface area (Å²) < 4.78 is 0. The van der Waals surface area contributed by atoms with Crippen molar-refractivity contribution >= 4 is 21.5 Å². The minimum absolute atomic E-state index is 1.03. The number of fused-ring (bicyclic) bond motifs is 2. The van der Waals surface area contributed by atoms with E-state index in [0.29, 0.717) is 0 Å². The van der Waals surface area contributed by atoms with E-state index in [1.807, 2.05) is 27.7 Å². The van der Waals surface area contributed by atoms with Gasteiger partial charge in [0.15, 0.2) is 0 Å². The molecule has 0 saturated carbocycles. The molecule has 0 N–H and O–H groups in total. The van der Waals surface area contributed by atoms with Crippen LogP contribution in [0.1, 0.15) is 27.7 Å². The number of hydrogen-bond donors (Lipinski definition) is 0. The molecule has 5 rings (SSSR count). The van der Waals surface area contributed by atoms with Crippen molar-refractivity contribution in [3.05, 3.63) is 109 Å². The van der Waals surface area contributed by atoms with Gasteiger partial charge in [-0.25, -0.2) is 0 Å². The maximum Gasteiger partial charge on any atom is 0.0495 e. The van der Waals surface area contributed by atoms with Gasteiger partial charge in [0.25, 0.3) is 0 Å². The summed E-state index contributed by atoms with van der Waals surface area (Å²) in [6, 6.07) is 39.0. The van der Waals surface area contributed by atoms with Crippen LogP contribution in [0.5, 0.6) is 0 Å². The van der Waals surface area contributed by atoms with Crippen molar-refractivity contribution in [1.29, 1.82) is 0 Å². The Hall–Kier alpha value is -3.46. The van der Waals surface area contributed by atoms with Gasteiger partial charge < -0.3 is 0 Å². The van der Waals surface area contributed by atoms with Crippen LogP contribution in [-0.2, 0) is 0 Å². The molecule has 0 radical (unpaired) electrons. The molecule has 0 aliphatic carbocycles. The van der Waals surface area contributed by atoms with Crippen LogP contribution < -0.4 is 0 Å². The molecule has 0 saturated heterocycles. The third-order valence-corrected chi connectivity index (χ3v) is 5.62. The van der Waals surface area contributed by atoms with Crippen molar-refractivity contribution in [2.75, 3.05) is 34.9 Å². The second kappa shape index (κ2) is 15.6. The molecule has 0 heterocycles. The molecule has 0 unspecified atom stereocenters. The van der Waals surface area contributed by atoms with Crippen LogP contribution in [0.15, 0.2) is 109 Å². The van der Waals surface area contributed by atoms with Crippen molar-refractivity contribution in [3.8, 4) is 22.3 Å². The molecule has 2 heteroatoms. The van der Waals surface area contributed by atoms with Gasteiger partial charge in [-0.05, 0) is 72.0 Å². The van der Waals surface area contributed by atoms with Crippen LogP contribution in [-0.4, -0.2) is 44.7 Å². The minimum atomic E-state index is 1.03. The summed E-state index contributed by atoms with van der Waals surface area (Å²) >= 11 is 0. The third-order valence-electron chi connectivity index (χ3n) is 5.62. The first-order chi connectivity index (χ1) is 18.1. The van der Waals surface area contributed by atoms with Crippen molar-refractivity contribution < 1.29 is 0 Å². The van der Waals surface area contributed by atoms with Crippen LogP contribution in [0, 0.1) is 0 Å². The second-order valence-corrected chi connectivity index (χ2v) is 8.87. The zero-order valence-electron chi connectivity index (χ0n) is 24.0. The lowest BCUT2D eigenvalue weighted by Crippen LogP contribution is -2.26. The number of hydrogen-bond acceptors (Lipinski definition) is 2. The molecule has 37 heavy (non-hydrogen) atoms. The van der Waals surface area contributed by atoms with E-state index in [9.17, 15) is 0 Å². The van der Waals surface area contributed by atoms with Gasteiger partial charge in [0.1, 0.15) is 0 Å². The van der Waals surface area contributed by atoms with Gasteiger partial charge in [-0.3, -0.25) is 9.80 Å². The molecule has 0 amide bonds. The highest BCUT2D eigenvalue weighted by Crippen LogP contribution is 2.43. The average molecular weight is 493 g/mol. The topological polar surface area (TPSA) is 6.48 Å². The molecule has 0 atom stereocenters. The maximum atomic E-state index is 2.25. The Kier molecular flexibility index (Phi) is 12.6. The highest BCUT2D eigenvalue weighted by molar-refractivity contribution is 6.21. The fourth-order valence-electron chi connectivity index (χ4n) is 4.53. The average Bonchev–Trinajstić information content (AvgIpc) is 2.94. The van der Waals surface area contributed by atoms with Gasteiger partial charge in [-0.1, -0.05) is 137 Å². The maximum absolute atomic E-state index is 2.25. The summed E-state index contributed by atoms with van der Waals surface area (Å²) in [7, 11) is 8.22. The predicted molar refractivity (Wildman–Crippen MR) is 167 cm³/mol. The van der Waals surface area contributed by atoms with Gasteiger partial charge >= 0.3 is 0 Å². The van der Waals surface area contributed by atoms with Crippen LogP contribution in [0.3, 0.4) is 0 Å². The number of benzene rings is 5. The summed E-state index contributed by atoms with van der Waals surface area (Å²) in [5, 5.41) is 5.21. The Morgan fingerprint density at radius 3 is 0.838 bits per heavy atom. The Balaban J connectivity index is 0.000000378. The largest absolute Gasteiger partial charge is 0.297 e. The molecule has 5 aromatic rings. The van der Waals surface area contributed by atoms with E-state index in [4.69, 9.17) is 0 Å². The van der Waals surface area contributed by atoms with E-state index in [1.165, 1.54) is 43.8 Å². The molecular weight excluding hydrogens is 448 g/mol. The van der Waals surface area contributed by atoms with Crippen molar-refractivity contribution in [2.45, 2.75) is 27.7 Å². The van der Waals surface area contributed by atoms with Crippen molar-refractivity contribution in [1.82, 2.24) is 9.80 Å². The lowest BCUT2D eigenvalue weighted by molar-refractivity contribution is 0.245. The van der Waals surface area contributed by atoms with Crippen LogP contribution in [0.2, 0.25) is 0 Å². The van der Waals surface area contributed by atoms with Crippen molar-refractivity contribution in [3.63, 3.8) is 0 Å². The standard InChI is InChI=1S/C26H18.C5H14N2.2C2H6/c1-3-11-19(12-4-1)25-21-15-7-9-17-23(21)26(20-13-5-2-6-14-20)24-18-10-8-16-22(24)25;1-6(2)5-7(3)4;2*1-2/h1-18H;5H2,1-4H3;2*1-2H3. The Morgan fingerprint density at radius 1 is 0.378 bits per heavy atom.